The maximum Gasteiger partial charge on any atom is 0.0409 e. The number of thiophene rings is 1. The second kappa shape index (κ2) is 6.14. The van der Waals surface area contributed by atoms with E-state index in [1.54, 1.807) is 11.3 Å². The number of benzene rings is 1. The molecule has 0 radical (unpaired) electrons. The van der Waals surface area contributed by atoms with E-state index in [2.05, 4.69) is 60.1 Å². The first-order valence-corrected chi connectivity index (χ1v) is 10.1. The molecular weight excluding hydrogens is 336 g/mol. The number of piperazine rings is 1. The molecule has 1 aliphatic heterocycles. The van der Waals surface area contributed by atoms with E-state index in [0.717, 1.165) is 18.1 Å². The topological polar surface area (TPSA) is 15.3 Å². The van der Waals surface area contributed by atoms with Gasteiger partial charge in [-0.3, -0.25) is 4.90 Å². The third-order valence-corrected chi connectivity index (χ3v) is 7.15. The predicted molar refractivity (Wildman–Crippen MR) is 103 cm³/mol. The number of hydrogen-bond acceptors (Lipinski definition) is 3. The van der Waals surface area contributed by atoms with E-state index in [-0.39, 0.29) is 5.54 Å². The van der Waals surface area contributed by atoms with Crippen molar-refractivity contribution in [3.63, 3.8) is 0 Å². The number of rotatable bonds is 2. The molecule has 3 atom stereocenters. The molecule has 2 aromatic rings. The van der Waals surface area contributed by atoms with Gasteiger partial charge in [-0.1, -0.05) is 17.7 Å². The van der Waals surface area contributed by atoms with Crippen molar-refractivity contribution in [3.8, 4) is 0 Å². The molecule has 1 aromatic heterocycles. The SMILES string of the molecule is CN1CCNC(C2CC(c3ccsc3)c3ccc(Cl)cc32)C1(C)C. The van der Waals surface area contributed by atoms with Crippen molar-refractivity contribution in [2.75, 3.05) is 20.1 Å². The molecule has 2 heterocycles. The first-order chi connectivity index (χ1) is 11.5. The van der Waals surface area contributed by atoms with Gasteiger partial charge in [0.25, 0.3) is 0 Å². The zero-order chi connectivity index (χ0) is 16.9. The summed E-state index contributed by atoms with van der Waals surface area (Å²) in [4.78, 5) is 2.50. The van der Waals surface area contributed by atoms with Gasteiger partial charge in [0.15, 0.2) is 0 Å². The van der Waals surface area contributed by atoms with Crippen LogP contribution < -0.4 is 5.32 Å². The lowest BCUT2D eigenvalue weighted by molar-refractivity contribution is 0.0609. The Kier molecular flexibility index (Phi) is 4.24. The minimum atomic E-state index is 0.131. The maximum absolute atomic E-state index is 6.37. The first kappa shape index (κ1) is 16.6. The quantitative estimate of drug-likeness (QED) is 0.834. The molecule has 3 unspecified atom stereocenters. The van der Waals surface area contributed by atoms with Crippen LogP contribution in [0.15, 0.2) is 35.0 Å². The van der Waals surface area contributed by atoms with Crippen LogP contribution in [0.3, 0.4) is 0 Å². The van der Waals surface area contributed by atoms with Crippen LogP contribution in [-0.2, 0) is 0 Å². The van der Waals surface area contributed by atoms with E-state index in [0.29, 0.717) is 17.9 Å². The van der Waals surface area contributed by atoms with Gasteiger partial charge in [-0.05, 0) is 73.0 Å². The van der Waals surface area contributed by atoms with E-state index in [4.69, 9.17) is 11.6 Å². The Bertz CT molecular complexity index is 725. The zero-order valence-corrected chi connectivity index (χ0v) is 16.1. The monoisotopic (exact) mass is 360 g/mol. The third-order valence-electron chi connectivity index (χ3n) is 6.22. The Hall–Kier alpha value is -0.870. The van der Waals surface area contributed by atoms with Gasteiger partial charge in [0.2, 0.25) is 0 Å². The van der Waals surface area contributed by atoms with Gasteiger partial charge in [0.05, 0.1) is 0 Å². The first-order valence-electron chi connectivity index (χ1n) is 8.74. The normalized spacial score (nSPS) is 29.6. The molecule has 0 amide bonds. The van der Waals surface area contributed by atoms with Gasteiger partial charge in [-0.25, -0.2) is 0 Å². The summed E-state index contributed by atoms with van der Waals surface area (Å²) in [6.45, 7) is 6.89. The average Bonchev–Trinajstić information content (AvgIpc) is 3.17. The molecule has 1 aromatic carbocycles. The highest BCUT2D eigenvalue weighted by Crippen LogP contribution is 2.50. The number of hydrogen-bond donors (Lipinski definition) is 1. The fraction of sp³-hybridized carbons (Fsp3) is 0.500. The van der Waals surface area contributed by atoms with E-state index >= 15 is 0 Å². The van der Waals surface area contributed by atoms with Crippen LogP contribution >= 0.6 is 22.9 Å². The van der Waals surface area contributed by atoms with Crippen LogP contribution in [0.1, 0.15) is 48.8 Å². The number of nitrogens with zero attached hydrogens (tertiary/aromatic N) is 1. The average molecular weight is 361 g/mol. The summed E-state index contributed by atoms with van der Waals surface area (Å²) in [6.07, 6.45) is 1.17. The van der Waals surface area contributed by atoms with Crippen molar-refractivity contribution in [2.24, 2.45) is 0 Å². The Morgan fingerprint density at radius 3 is 2.83 bits per heavy atom. The second-order valence-corrected chi connectivity index (χ2v) is 8.95. The Balaban J connectivity index is 1.76. The Morgan fingerprint density at radius 1 is 1.25 bits per heavy atom. The van der Waals surface area contributed by atoms with Gasteiger partial charge >= 0.3 is 0 Å². The number of nitrogens with one attached hydrogen (secondary N) is 1. The molecule has 2 nitrogen and oxygen atoms in total. The van der Waals surface area contributed by atoms with Crippen molar-refractivity contribution in [2.45, 2.75) is 43.7 Å². The molecule has 0 bridgehead atoms. The van der Waals surface area contributed by atoms with Gasteiger partial charge in [0.1, 0.15) is 0 Å². The highest BCUT2D eigenvalue weighted by molar-refractivity contribution is 7.08. The zero-order valence-electron chi connectivity index (χ0n) is 14.6. The molecule has 4 heteroatoms. The summed E-state index contributed by atoms with van der Waals surface area (Å²) in [6, 6.07) is 9.23. The summed E-state index contributed by atoms with van der Waals surface area (Å²) in [7, 11) is 2.25. The molecule has 24 heavy (non-hydrogen) atoms. The van der Waals surface area contributed by atoms with Crippen LogP contribution in [0.5, 0.6) is 0 Å². The number of likely N-dealkylation sites (N-methyl/N-ethyl adjacent to an activating group) is 1. The minimum Gasteiger partial charge on any atom is -0.310 e. The van der Waals surface area contributed by atoms with Crippen molar-refractivity contribution >= 4 is 22.9 Å². The van der Waals surface area contributed by atoms with Crippen LogP contribution in [0, 0.1) is 0 Å². The van der Waals surface area contributed by atoms with E-state index in [1.807, 2.05) is 6.07 Å². The molecule has 0 saturated carbocycles. The molecule has 0 spiro atoms. The fourth-order valence-corrected chi connectivity index (χ4v) is 5.49. The minimum absolute atomic E-state index is 0.131. The Morgan fingerprint density at radius 2 is 2.08 bits per heavy atom. The molecular formula is C20H25ClN2S. The Labute approximate surface area is 153 Å². The third kappa shape index (κ3) is 2.62. The molecule has 1 fully saturated rings. The second-order valence-electron chi connectivity index (χ2n) is 7.73. The van der Waals surface area contributed by atoms with Crippen LogP contribution in [0.4, 0.5) is 0 Å². The van der Waals surface area contributed by atoms with Gasteiger partial charge in [-0.15, -0.1) is 0 Å². The lowest BCUT2D eigenvalue weighted by Crippen LogP contribution is -2.64. The van der Waals surface area contributed by atoms with E-state index in [9.17, 15) is 0 Å². The van der Waals surface area contributed by atoms with Gasteiger partial charge < -0.3 is 5.32 Å². The smallest absolute Gasteiger partial charge is 0.0409 e. The summed E-state index contributed by atoms with van der Waals surface area (Å²) < 4.78 is 0. The van der Waals surface area contributed by atoms with Crippen LogP contribution in [0.2, 0.25) is 5.02 Å². The standard InChI is InChI=1S/C20H25ClN2S/c1-20(2)19(22-7-8-23(20)3)18-11-16(13-6-9-24-12-13)15-5-4-14(21)10-17(15)18/h4-6,9-10,12,16,18-19,22H,7-8,11H2,1-3H3. The summed E-state index contributed by atoms with van der Waals surface area (Å²) in [5.74, 6) is 1.000. The highest BCUT2D eigenvalue weighted by Gasteiger charge is 2.45. The van der Waals surface area contributed by atoms with Gasteiger partial charge in [-0.2, -0.15) is 11.3 Å². The highest BCUT2D eigenvalue weighted by atomic mass is 35.5. The summed E-state index contributed by atoms with van der Waals surface area (Å²) in [5.41, 5.74) is 4.49. The predicted octanol–water partition coefficient (Wildman–Crippen LogP) is 4.70. The van der Waals surface area contributed by atoms with Crippen molar-refractivity contribution in [1.82, 2.24) is 10.2 Å². The van der Waals surface area contributed by atoms with Crippen molar-refractivity contribution in [1.29, 1.82) is 0 Å². The maximum atomic E-state index is 6.37. The number of halogens is 1. The van der Waals surface area contributed by atoms with Crippen LogP contribution in [0.25, 0.3) is 0 Å². The lowest BCUT2D eigenvalue weighted by atomic mass is 9.78. The van der Waals surface area contributed by atoms with Crippen LogP contribution in [-0.4, -0.2) is 36.6 Å². The molecule has 2 aliphatic rings. The summed E-state index contributed by atoms with van der Waals surface area (Å²) >= 11 is 8.16. The molecule has 128 valence electrons. The van der Waals surface area contributed by atoms with Crippen molar-refractivity contribution in [3.05, 3.63) is 56.7 Å². The van der Waals surface area contributed by atoms with Crippen molar-refractivity contribution < 1.29 is 0 Å². The number of fused-ring (bicyclic) bond motifs is 1. The van der Waals surface area contributed by atoms with E-state index in [1.165, 1.54) is 23.1 Å². The molecule has 1 saturated heterocycles. The molecule has 1 N–H and O–H groups in total. The molecule has 1 aliphatic carbocycles. The van der Waals surface area contributed by atoms with E-state index < -0.39 is 0 Å². The largest absolute Gasteiger partial charge is 0.310 e. The summed E-state index contributed by atoms with van der Waals surface area (Å²) in [5, 5.41) is 9.17. The fourth-order valence-electron chi connectivity index (χ4n) is 4.59. The molecule has 4 rings (SSSR count). The van der Waals surface area contributed by atoms with Gasteiger partial charge in [0, 0.05) is 41.5 Å². The lowest BCUT2D eigenvalue weighted by Gasteiger charge is -2.49.